The van der Waals surface area contributed by atoms with Crippen LogP contribution in [0.4, 0.5) is 0 Å². The van der Waals surface area contributed by atoms with E-state index in [-0.39, 0.29) is 0 Å². The quantitative estimate of drug-likeness (QED) is 0.548. The molecule has 2 aliphatic heterocycles. The summed E-state index contributed by atoms with van der Waals surface area (Å²) in [7, 11) is 0. The molecule has 4 nitrogen and oxygen atoms in total. The highest BCUT2D eigenvalue weighted by Crippen LogP contribution is 2.35. The molecule has 0 aromatic rings. The lowest BCUT2D eigenvalue weighted by atomic mass is 9.73. The van der Waals surface area contributed by atoms with E-state index in [4.69, 9.17) is 15.2 Å². The van der Waals surface area contributed by atoms with Crippen molar-refractivity contribution in [3.05, 3.63) is 0 Å². The topological polar surface area (TPSA) is 64.7 Å². The van der Waals surface area contributed by atoms with E-state index in [1.165, 1.54) is 0 Å². The van der Waals surface area contributed by atoms with Gasteiger partial charge in [0.1, 0.15) is 5.60 Å². The van der Waals surface area contributed by atoms with E-state index in [2.05, 4.69) is 0 Å². The van der Waals surface area contributed by atoms with Gasteiger partial charge in [0.25, 0.3) is 0 Å². The molecule has 3 N–H and O–H groups in total. The third kappa shape index (κ3) is 1.07. The van der Waals surface area contributed by atoms with Gasteiger partial charge in [-0.2, -0.15) is 0 Å². The van der Waals surface area contributed by atoms with Crippen molar-refractivity contribution in [2.75, 3.05) is 26.4 Å². The Bertz CT molecular complexity index is 173. The van der Waals surface area contributed by atoms with Crippen LogP contribution in [0.15, 0.2) is 0 Å². The van der Waals surface area contributed by atoms with Crippen LogP contribution in [0, 0.1) is 0 Å². The van der Waals surface area contributed by atoms with Crippen LogP contribution in [0.1, 0.15) is 12.8 Å². The molecule has 0 spiro atoms. The minimum atomic E-state index is -0.795. The number of nitrogens with two attached hydrogens (primary N) is 1. The van der Waals surface area contributed by atoms with Crippen LogP contribution >= 0.6 is 0 Å². The molecule has 0 amide bonds. The summed E-state index contributed by atoms with van der Waals surface area (Å²) in [6.07, 6.45) is 1.46. The molecule has 2 saturated heterocycles. The fraction of sp³-hybridized carbons (Fsp3) is 1.00. The van der Waals surface area contributed by atoms with Crippen LogP contribution in [0.3, 0.4) is 0 Å². The molecule has 0 aliphatic carbocycles. The van der Waals surface area contributed by atoms with Gasteiger partial charge in [0.2, 0.25) is 0 Å². The van der Waals surface area contributed by atoms with Gasteiger partial charge >= 0.3 is 0 Å². The highest BCUT2D eigenvalue weighted by atomic mass is 16.5. The Morgan fingerprint density at radius 3 is 2.08 bits per heavy atom. The van der Waals surface area contributed by atoms with Crippen LogP contribution in [-0.2, 0) is 9.47 Å². The number of rotatable bonds is 1. The van der Waals surface area contributed by atoms with Gasteiger partial charge in [-0.05, 0) is 12.8 Å². The first-order valence-electron chi connectivity index (χ1n) is 4.33. The van der Waals surface area contributed by atoms with Crippen molar-refractivity contribution in [2.24, 2.45) is 5.73 Å². The maximum atomic E-state index is 9.99. The first kappa shape index (κ1) is 8.44. The number of ether oxygens (including phenoxy) is 2. The van der Waals surface area contributed by atoms with E-state index < -0.39 is 11.1 Å². The van der Waals surface area contributed by atoms with Crippen molar-refractivity contribution in [2.45, 2.75) is 24.0 Å². The van der Waals surface area contributed by atoms with Crippen LogP contribution < -0.4 is 5.73 Å². The maximum absolute atomic E-state index is 9.99. The molecule has 4 heteroatoms. The summed E-state index contributed by atoms with van der Waals surface area (Å²) < 4.78 is 10.2. The molecular weight excluding hydrogens is 158 g/mol. The highest BCUT2D eigenvalue weighted by molar-refractivity contribution is 5.08. The van der Waals surface area contributed by atoms with E-state index in [0.717, 1.165) is 12.8 Å². The Kier molecular flexibility index (Phi) is 1.88. The Balaban J connectivity index is 2.07. The predicted molar refractivity (Wildman–Crippen MR) is 42.7 cm³/mol. The van der Waals surface area contributed by atoms with E-state index >= 15 is 0 Å². The SMILES string of the molecule is NC1(C2(O)COC2)CCOCC1. The number of hydrogen-bond donors (Lipinski definition) is 2. The summed E-state index contributed by atoms with van der Waals surface area (Å²) in [6, 6.07) is 0. The third-order valence-electron chi connectivity index (χ3n) is 2.99. The van der Waals surface area contributed by atoms with E-state index in [1.807, 2.05) is 0 Å². The Hall–Kier alpha value is -0.160. The normalized spacial score (nSPS) is 32.5. The monoisotopic (exact) mass is 173 g/mol. The molecule has 0 atom stereocenters. The van der Waals surface area contributed by atoms with Gasteiger partial charge in [0, 0.05) is 13.2 Å². The van der Waals surface area contributed by atoms with Gasteiger partial charge in [-0.3, -0.25) is 0 Å². The first-order valence-corrected chi connectivity index (χ1v) is 4.33. The fourth-order valence-corrected chi connectivity index (χ4v) is 1.78. The molecule has 2 fully saturated rings. The molecule has 0 saturated carbocycles. The summed E-state index contributed by atoms with van der Waals surface area (Å²) >= 11 is 0. The van der Waals surface area contributed by atoms with Gasteiger partial charge in [-0.15, -0.1) is 0 Å². The Labute approximate surface area is 71.6 Å². The molecule has 2 aliphatic rings. The van der Waals surface area contributed by atoms with Crippen LogP contribution in [-0.4, -0.2) is 42.7 Å². The summed E-state index contributed by atoms with van der Waals surface area (Å²) in [5.41, 5.74) is 4.81. The van der Waals surface area contributed by atoms with Crippen molar-refractivity contribution in [3.8, 4) is 0 Å². The Morgan fingerprint density at radius 1 is 1.08 bits per heavy atom. The average Bonchev–Trinajstić information content (AvgIpc) is 2.01. The van der Waals surface area contributed by atoms with Gasteiger partial charge in [-0.25, -0.2) is 0 Å². The van der Waals surface area contributed by atoms with Crippen molar-refractivity contribution in [3.63, 3.8) is 0 Å². The van der Waals surface area contributed by atoms with E-state index in [0.29, 0.717) is 26.4 Å². The largest absolute Gasteiger partial charge is 0.383 e. The van der Waals surface area contributed by atoms with Gasteiger partial charge < -0.3 is 20.3 Å². The van der Waals surface area contributed by atoms with Gasteiger partial charge in [0.05, 0.1) is 18.8 Å². The van der Waals surface area contributed by atoms with Crippen molar-refractivity contribution < 1.29 is 14.6 Å². The molecule has 0 aromatic heterocycles. The molecule has 2 heterocycles. The second-order valence-electron chi connectivity index (χ2n) is 3.79. The average molecular weight is 173 g/mol. The molecule has 2 rings (SSSR count). The summed E-state index contributed by atoms with van der Waals surface area (Å²) in [5.74, 6) is 0. The maximum Gasteiger partial charge on any atom is 0.129 e. The van der Waals surface area contributed by atoms with Gasteiger partial charge in [-0.1, -0.05) is 0 Å². The minimum Gasteiger partial charge on any atom is -0.383 e. The van der Waals surface area contributed by atoms with Crippen molar-refractivity contribution in [1.82, 2.24) is 0 Å². The van der Waals surface area contributed by atoms with Gasteiger partial charge in [0.15, 0.2) is 0 Å². The van der Waals surface area contributed by atoms with E-state index in [9.17, 15) is 5.11 Å². The molecular formula is C8H15NO3. The molecule has 12 heavy (non-hydrogen) atoms. The minimum absolute atomic E-state index is 0.378. The lowest BCUT2D eigenvalue weighted by molar-refractivity contribution is -0.226. The number of hydrogen-bond acceptors (Lipinski definition) is 4. The molecule has 70 valence electrons. The zero-order chi connectivity index (χ0) is 8.66. The zero-order valence-corrected chi connectivity index (χ0v) is 7.08. The van der Waals surface area contributed by atoms with Crippen LogP contribution in [0.5, 0.6) is 0 Å². The fourth-order valence-electron chi connectivity index (χ4n) is 1.78. The van der Waals surface area contributed by atoms with Crippen LogP contribution in [0.2, 0.25) is 0 Å². The lowest BCUT2D eigenvalue weighted by Gasteiger charge is -2.51. The third-order valence-corrected chi connectivity index (χ3v) is 2.99. The lowest BCUT2D eigenvalue weighted by Crippen LogP contribution is -2.71. The van der Waals surface area contributed by atoms with Crippen molar-refractivity contribution >= 4 is 0 Å². The Morgan fingerprint density at radius 2 is 1.67 bits per heavy atom. The van der Waals surface area contributed by atoms with Crippen LogP contribution in [0.25, 0.3) is 0 Å². The smallest absolute Gasteiger partial charge is 0.129 e. The highest BCUT2D eigenvalue weighted by Gasteiger charge is 2.53. The van der Waals surface area contributed by atoms with E-state index in [1.54, 1.807) is 0 Å². The second kappa shape index (κ2) is 2.67. The first-order chi connectivity index (χ1) is 5.66. The summed E-state index contributed by atoms with van der Waals surface area (Å²) in [6.45, 7) is 2.06. The second-order valence-corrected chi connectivity index (χ2v) is 3.79. The molecule has 0 bridgehead atoms. The summed E-state index contributed by atoms with van der Waals surface area (Å²) in [4.78, 5) is 0. The zero-order valence-electron chi connectivity index (χ0n) is 7.08. The predicted octanol–water partition coefficient (Wildman–Crippen LogP) is -0.744. The molecule has 0 unspecified atom stereocenters. The van der Waals surface area contributed by atoms with Crippen molar-refractivity contribution in [1.29, 1.82) is 0 Å². The summed E-state index contributed by atoms with van der Waals surface area (Å²) in [5, 5.41) is 9.99. The standard InChI is InChI=1S/C8H15NO3/c9-7(1-3-11-4-2-7)8(10)5-12-6-8/h10H,1-6,9H2. The number of aliphatic hydroxyl groups is 1. The molecule has 0 aromatic carbocycles. The molecule has 0 radical (unpaired) electrons.